The van der Waals surface area contributed by atoms with Crippen molar-refractivity contribution < 1.29 is 14.0 Å². The summed E-state index contributed by atoms with van der Waals surface area (Å²) in [6.07, 6.45) is 3.47. The van der Waals surface area contributed by atoms with Crippen molar-refractivity contribution in [1.29, 1.82) is 0 Å². The molecule has 0 saturated carbocycles. The SMILES string of the molecule is O=C(CC[C@@H]1CNC(=O)[C@@H]2C[C@H](NC(=S)NCc3ccco3)CN12)NCc1cccs1. The second-order valence-corrected chi connectivity index (χ2v) is 9.29. The molecule has 4 heterocycles. The summed E-state index contributed by atoms with van der Waals surface area (Å²) in [6, 6.07) is 7.76. The zero-order valence-corrected chi connectivity index (χ0v) is 18.8. The monoisotopic (exact) mass is 461 g/mol. The minimum atomic E-state index is -0.182. The van der Waals surface area contributed by atoms with Crippen LogP contribution in [0.5, 0.6) is 0 Å². The summed E-state index contributed by atoms with van der Waals surface area (Å²) < 4.78 is 5.30. The number of nitrogens with one attached hydrogen (secondary N) is 4. The van der Waals surface area contributed by atoms with Crippen LogP contribution >= 0.6 is 23.6 Å². The van der Waals surface area contributed by atoms with Gasteiger partial charge in [-0.2, -0.15) is 0 Å². The van der Waals surface area contributed by atoms with Crippen molar-refractivity contribution in [1.82, 2.24) is 26.2 Å². The van der Waals surface area contributed by atoms with Crippen LogP contribution in [0.4, 0.5) is 0 Å². The number of fused-ring (bicyclic) bond motifs is 1. The van der Waals surface area contributed by atoms with E-state index in [0.29, 0.717) is 44.0 Å². The highest BCUT2D eigenvalue weighted by molar-refractivity contribution is 7.80. The van der Waals surface area contributed by atoms with Crippen LogP contribution in [-0.2, 0) is 22.7 Å². The van der Waals surface area contributed by atoms with Gasteiger partial charge in [-0.3, -0.25) is 14.5 Å². The zero-order valence-electron chi connectivity index (χ0n) is 17.1. The molecule has 0 bridgehead atoms. The van der Waals surface area contributed by atoms with E-state index < -0.39 is 0 Å². The minimum absolute atomic E-state index is 0.0408. The molecule has 2 amide bonds. The van der Waals surface area contributed by atoms with E-state index in [1.54, 1.807) is 17.6 Å². The number of nitrogens with zero attached hydrogens (tertiary/aromatic N) is 1. The number of thiophene rings is 1. The summed E-state index contributed by atoms with van der Waals surface area (Å²) in [4.78, 5) is 28.0. The Kier molecular flexibility index (Phi) is 7.21. The first kappa shape index (κ1) is 21.8. The second kappa shape index (κ2) is 10.3. The number of amides is 2. The first-order chi connectivity index (χ1) is 15.1. The number of furan rings is 1. The Hall–Kier alpha value is -2.43. The number of hydrogen-bond donors (Lipinski definition) is 4. The molecule has 2 saturated heterocycles. The lowest BCUT2D eigenvalue weighted by Crippen LogP contribution is -2.58. The molecule has 31 heavy (non-hydrogen) atoms. The molecule has 166 valence electrons. The van der Waals surface area contributed by atoms with E-state index in [9.17, 15) is 9.59 Å². The number of thiocarbonyl (C=S) groups is 1. The maximum Gasteiger partial charge on any atom is 0.237 e. The highest BCUT2D eigenvalue weighted by Gasteiger charge is 2.43. The number of carbonyl (C=O) groups excluding carboxylic acids is 2. The van der Waals surface area contributed by atoms with Crippen LogP contribution in [0.2, 0.25) is 0 Å². The van der Waals surface area contributed by atoms with Crippen molar-refractivity contribution in [2.75, 3.05) is 13.1 Å². The van der Waals surface area contributed by atoms with Gasteiger partial charge in [0, 0.05) is 36.5 Å². The summed E-state index contributed by atoms with van der Waals surface area (Å²) in [5.41, 5.74) is 0. The van der Waals surface area contributed by atoms with Crippen LogP contribution < -0.4 is 21.3 Å². The molecule has 2 aliphatic heterocycles. The summed E-state index contributed by atoms with van der Waals surface area (Å²) >= 11 is 7.03. The zero-order chi connectivity index (χ0) is 21.6. The Morgan fingerprint density at radius 3 is 2.97 bits per heavy atom. The molecule has 0 spiro atoms. The van der Waals surface area contributed by atoms with Gasteiger partial charge in [0.2, 0.25) is 11.8 Å². The first-order valence-electron chi connectivity index (χ1n) is 10.5. The highest BCUT2D eigenvalue weighted by atomic mass is 32.1. The molecule has 10 heteroatoms. The molecule has 0 aromatic carbocycles. The van der Waals surface area contributed by atoms with Gasteiger partial charge >= 0.3 is 0 Å². The van der Waals surface area contributed by atoms with E-state index in [0.717, 1.165) is 17.2 Å². The molecule has 2 fully saturated rings. The van der Waals surface area contributed by atoms with Gasteiger partial charge in [-0.15, -0.1) is 11.3 Å². The van der Waals surface area contributed by atoms with Crippen molar-refractivity contribution in [3.63, 3.8) is 0 Å². The van der Waals surface area contributed by atoms with Gasteiger partial charge in [0.15, 0.2) is 5.11 Å². The summed E-state index contributed by atoms with van der Waals surface area (Å²) in [5, 5.41) is 15.0. The third-order valence-corrected chi connectivity index (χ3v) is 6.84. The lowest BCUT2D eigenvalue weighted by Gasteiger charge is -2.37. The molecule has 0 aliphatic carbocycles. The molecule has 0 unspecified atom stereocenters. The maximum absolute atomic E-state index is 12.4. The Morgan fingerprint density at radius 1 is 1.29 bits per heavy atom. The maximum atomic E-state index is 12.4. The highest BCUT2D eigenvalue weighted by Crippen LogP contribution is 2.25. The van der Waals surface area contributed by atoms with Gasteiger partial charge in [0.25, 0.3) is 0 Å². The van der Waals surface area contributed by atoms with E-state index >= 15 is 0 Å². The fourth-order valence-electron chi connectivity index (χ4n) is 4.15. The fraction of sp³-hybridized carbons (Fsp3) is 0.476. The van der Waals surface area contributed by atoms with Crippen molar-refractivity contribution in [2.24, 2.45) is 0 Å². The molecule has 0 radical (unpaired) electrons. The lowest BCUT2D eigenvalue weighted by molar-refractivity contribution is -0.129. The van der Waals surface area contributed by atoms with Crippen molar-refractivity contribution in [3.8, 4) is 0 Å². The van der Waals surface area contributed by atoms with E-state index in [2.05, 4.69) is 26.2 Å². The minimum Gasteiger partial charge on any atom is -0.467 e. The summed E-state index contributed by atoms with van der Waals surface area (Å²) in [6.45, 7) is 2.38. The first-order valence-corrected chi connectivity index (χ1v) is 11.8. The van der Waals surface area contributed by atoms with Crippen molar-refractivity contribution in [2.45, 2.75) is 50.5 Å². The van der Waals surface area contributed by atoms with E-state index in [1.807, 2.05) is 29.6 Å². The van der Waals surface area contributed by atoms with Crippen LogP contribution in [0.3, 0.4) is 0 Å². The van der Waals surface area contributed by atoms with Crippen molar-refractivity contribution >= 4 is 40.5 Å². The molecule has 4 rings (SSSR count). The Labute approximate surface area is 190 Å². The smallest absolute Gasteiger partial charge is 0.237 e. The third kappa shape index (κ3) is 5.84. The van der Waals surface area contributed by atoms with Crippen LogP contribution in [0.25, 0.3) is 0 Å². The topological polar surface area (TPSA) is 98.6 Å². The van der Waals surface area contributed by atoms with Crippen LogP contribution in [0.15, 0.2) is 40.3 Å². The van der Waals surface area contributed by atoms with Crippen LogP contribution in [-0.4, -0.2) is 53.0 Å². The Bertz CT molecular complexity index is 887. The average molecular weight is 462 g/mol. The quantitative estimate of drug-likeness (QED) is 0.441. The van der Waals surface area contributed by atoms with Gasteiger partial charge in [-0.05, 0) is 48.6 Å². The second-order valence-electron chi connectivity index (χ2n) is 7.85. The molecule has 4 N–H and O–H groups in total. The normalized spacial score (nSPS) is 23.1. The third-order valence-electron chi connectivity index (χ3n) is 5.71. The van der Waals surface area contributed by atoms with E-state index in [1.165, 1.54) is 0 Å². The lowest BCUT2D eigenvalue weighted by atomic mass is 10.0. The predicted octanol–water partition coefficient (Wildman–Crippen LogP) is 1.34. The summed E-state index contributed by atoms with van der Waals surface area (Å²) in [5.74, 6) is 0.904. The Morgan fingerprint density at radius 2 is 2.19 bits per heavy atom. The van der Waals surface area contributed by atoms with E-state index in [-0.39, 0.29) is 29.9 Å². The van der Waals surface area contributed by atoms with Gasteiger partial charge < -0.3 is 25.7 Å². The molecule has 2 aromatic heterocycles. The Balaban J connectivity index is 1.23. The average Bonchev–Trinajstić information content (AvgIpc) is 3.52. The molecular weight excluding hydrogens is 434 g/mol. The number of rotatable bonds is 8. The largest absolute Gasteiger partial charge is 0.467 e. The summed E-state index contributed by atoms with van der Waals surface area (Å²) in [7, 11) is 0. The van der Waals surface area contributed by atoms with Crippen molar-refractivity contribution in [3.05, 3.63) is 46.5 Å². The standard InChI is InChI=1S/C21H27N5O3S2/c27-19(22-12-17-4-2-8-31-17)6-5-15-10-23-20(28)18-9-14(13-26(15)18)25-21(30)24-11-16-3-1-7-29-16/h1-4,7-8,14-15,18H,5-6,9-13H2,(H,22,27)(H,23,28)(H2,24,25,30)/t14-,15+,18-/m0/s1. The molecule has 8 nitrogen and oxygen atoms in total. The predicted molar refractivity (Wildman–Crippen MR) is 122 cm³/mol. The van der Waals surface area contributed by atoms with Gasteiger partial charge in [-0.25, -0.2) is 0 Å². The molecule has 3 atom stereocenters. The molecule has 2 aliphatic rings. The molecular formula is C21H27N5O3S2. The van der Waals surface area contributed by atoms with Gasteiger partial charge in [0.1, 0.15) is 5.76 Å². The van der Waals surface area contributed by atoms with E-state index in [4.69, 9.17) is 16.6 Å². The van der Waals surface area contributed by atoms with Gasteiger partial charge in [0.05, 0.1) is 25.4 Å². The van der Waals surface area contributed by atoms with Crippen LogP contribution in [0, 0.1) is 0 Å². The van der Waals surface area contributed by atoms with Crippen LogP contribution in [0.1, 0.15) is 29.9 Å². The number of piperazine rings is 1. The number of hydrogen-bond acceptors (Lipinski definition) is 6. The number of carbonyl (C=O) groups is 2. The fourth-order valence-corrected chi connectivity index (χ4v) is 5.03. The molecule has 2 aromatic rings. The van der Waals surface area contributed by atoms with Gasteiger partial charge in [-0.1, -0.05) is 6.07 Å².